The normalized spacial score (nSPS) is 3.00. The molecule has 0 aliphatic carbocycles. The maximum atomic E-state index is 8.33. The van der Waals surface area contributed by atoms with Crippen molar-refractivity contribution in [3.8, 4) is 0 Å². The number of hydrogen-bond donors (Lipinski definition) is 0. The Bertz CT molecular complexity index is 33.4. The summed E-state index contributed by atoms with van der Waals surface area (Å²) in [6.07, 6.45) is -2.33. The van der Waals surface area contributed by atoms with Crippen molar-refractivity contribution in [2.45, 2.75) is 0 Å². The van der Waals surface area contributed by atoms with E-state index in [-0.39, 0.29) is 45.1 Å². The van der Waals surface area contributed by atoms with Crippen LogP contribution in [-0.4, -0.2) is 17.1 Å². The molecule has 0 aliphatic rings. The molecule has 0 heterocycles. The van der Waals surface area contributed by atoms with E-state index in [1.165, 1.54) is 0 Å². The van der Waals surface area contributed by atoms with Gasteiger partial charge in [0.1, 0.15) is 0 Å². The molecule has 0 spiro atoms. The average Bonchev–Trinajstić information content (AvgIpc) is 0.811. The molecule has 0 amide bonds. The third-order valence-corrected chi connectivity index (χ3v) is 0. The number of carbonyl (C=O) groups is 1. The molecular weight excluding hydrogens is 219 g/mol. The summed E-state index contributed by atoms with van der Waals surface area (Å²) in [6.45, 7) is 0. The Morgan fingerprint density at radius 1 is 1.12 bits per heavy atom. The number of carbonyl (C=O) groups excluding carboxylic acids is 1. The van der Waals surface area contributed by atoms with Gasteiger partial charge < -0.3 is 26.0 Å². The molecule has 2 radical (unpaired) electrons. The molecule has 7 heteroatoms. The van der Waals surface area contributed by atoms with Crippen molar-refractivity contribution >= 4 is 6.16 Å². The average molecular weight is 223 g/mol. The van der Waals surface area contributed by atoms with Gasteiger partial charge >= 0.3 is 17.1 Å². The van der Waals surface area contributed by atoms with Gasteiger partial charge in [-0.25, -0.2) is 0 Å². The minimum atomic E-state index is -2.33. The van der Waals surface area contributed by atoms with Gasteiger partial charge in [-0.3, -0.25) is 0 Å². The molecule has 8 heavy (non-hydrogen) atoms. The molecular formula is CH4Cu2O5. The molecule has 0 aromatic carbocycles. The van der Waals surface area contributed by atoms with E-state index in [0.29, 0.717) is 0 Å². The van der Waals surface area contributed by atoms with Crippen LogP contribution in [0.3, 0.4) is 0 Å². The summed E-state index contributed by atoms with van der Waals surface area (Å²) in [5.74, 6) is 0. The van der Waals surface area contributed by atoms with Gasteiger partial charge in [-0.15, -0.1) is 0 Å². The quantitative estimate of drug-likeness (QED) is 0.387. The first kappa shape index (κ1) is 41.2. The van der Waals surface area contributed by atoms with Gasteiger partial charge in [-0.1, -0.05) is 0 Å². The van der Waals surface area contributed by atoms with Crippen molar-refractivity contribution in [3.05, 3.63) is 0 Å². The second kappa shape index (κ2) is 26.9. The fourth-order valence-electron chi connectivity index (χ4n) is 0. The molecule has 0 aromatic heterocycles. The van der Waals surface area contributed by atoms with Crippen LogP contribution in [-0.2, 0) is 34.1 Å². The van der Waals surface area contributed by atoms with Crippen molar-refractivity contribution in [1.29, 1.82) is 0 Å². The van der Waals surface area contributed by atoms with Gasteiger partial charge in [0.15, 0.2) is 0 Å². The van der Waals surface area contributed by atoms with Crippen LogP contribution in [0.1, 0.15) is 0 Å². The van der Waals surface area contributed by atoms with E-state index in [4.69, 9.17) is 15.0 Å². The third kappa shape index (κ3) is 3250. The zero-order valence-corrected chi connectivity index (χ0v) is 5.21. The molecule has 4 N–H and O–H groups in total. The standard InChI is InChI=1S/CH2O3.2Cu.2H2O/c2-1(3)4;;;;/h(H2,2,3,4);;;2*1H2/q;;+2;;/p-2. The monoisotopic (exact) mass is 222 g/mol. The Hall–Kier alpha value is 0.229. The minimum absolute atomic E-state index is 0. The molecule has 0 rings (SSSR count). The second-order valence-electron chi connectivity index (χ2n) is 0.250. The fourth-order valence-corrected chi connectivity index (χ4v) is 0. The smallest absolute Gasteiger partial charge is 0.652 e. The van der Waals surface area contributed by atoms with Crippen LogP contribution in [0.25, 0.3) is 0 Å². The number of carboxylic acid groups (broad SMARTS) is 2. The van der Waals surface area contributed by atoms with E-state index >= 15 is 0 Å². The van der Waals surface area contributed by atoms with Crippen LogP contribution in [0.5, 0.6) is 0 Å². The Morgan fingerprint density at radius 3 is 1.12 bits per heavy atom. The van der Waals surface area contributed by atoms with E-state index in [0.717, 1.165) is 0 Å². The van der Waals surface area contributed by atoms with E-state index in [2.05, 4.69) is 0 Å². The van der Waals surface area contributed by atoms with Crippen molar-refractivity contribution in [2.75, 3.05) is 0 Å². The molecule has 60 valence electrons. The second-order valence-corrected chi connectivity index (χ2v) is 0.250. The molecule has 0 atom stereocenters. The summed E-state index contributed by atoms with van der Waals surface area (Å²) in [5, 5.41) is 16.7. The summed E-state index contributed by atoms with van der Waals surface area (Å²) in [5.41, 5.74) is 0. The Balaban J connectivity index is -0.00000000750. The molecule has 0 saturated carbocycles. The van der Waals surface area contributed by atoms with Crippen LogP contribution in [0, 0.1) is 0 Å². The molecule has 0 bridgehead atoms. The minimum Gasteiger partial charge on any atom is -0.652 e. The van der Waals surface area contributed by atoms with Crippen molar-refractivity contribution in [1.82, 2.24) is 0 Å². The Labute approximate surface area is 66.6 Å². The zero-order valence-electron chi connectivity index (χ0n) is 3.33. The van der Waals surface area contributed by atoms with Crippen LogP contribution >= 0.6 is 0 Å². The van der Waals surface area contributed by atoms with Gasteiger partial charge in [0.25, 0.3) is 0 Å². The van der Waals surface area contributed by atoms with Crippen molar-refractivity contribution in [2.24, 2.45) is 0 Å². The summed E-state index contributed by atoms with van der Waals surface area (Å²) >= 11 is 0. The fraction of sp³-hybridized carbons (Fsp3) is 0. The largest absolute Gasteiger partial charge is 2.00 e. The first-order valence-electron chi connectivity index (χ1n) is 0.612. The zero-order chi connectivity index (χ0) is 3.58. The molecule has 0 fully saturated rings. The molecule has 0 saturated heterocycles. The van der Waals surface area contributed by atoms with Crippen LogP contribution < -0.4 is 10.2 Å². The molecule has 0 aromatic rings. The third-order valence-electron chi connectivity index (χ3n) is 0. The first-order valence-corrected chi connectivity index (χ1v) is 0.612. The van der Waals surface area contributed by atoms with Gasteiger partial charge in [0.05, 0.1) is 0 Å². The first-order chi connectivity index (χ1) is 1.73. The molecule has 5 nitrogen and oxygen atoms in total. The number of rotatable bonds is 0. The summed E-state index contributed by atoms with van der Waals surface area (Å²) in [7, 11) is 0. The molecule has 0 aliphatic heterocycles. The van der Waals surface area contributed by atoms with Crippen molar-refractivity contribution < 1.29 is 60.1 Å². The summed E-state index contributed by atoms with van der Waals surface area (Å²) in [4.78, 5) is 8.33. The molecule has 0 unspecified atom stereocenters. The van der Waals surface area contributed by atoms with E-state index in [1.54, 1.807) is 0 Å². The maximum Gasteiger partial charge on any atom is 2.00 e. The predicted molar refractivity (Wildman–Crippen MR) is 12.6 cm³/mol. The SMILES string of the molecule is O.O.O=C([O-])[O-].[Cu+2].[Cu]. The van der Waals surface area contributed by atoms with E-state index < -0.39 is 6.16 Å². The van der Waals surface area contributed by atoms with E-state index in [9.17, 15) is 0 Å². The van der Waals surface area contributed by atoms with Crippen LogP contribution in [0.2, 0.25) is 0 Å². The Kier molecular flexibility index (Phi) is 139. The van der Waals surface area contributed by atoms with Crippen molar-refractivity contribution in [3.63, 3.8) is 0 Å². The summed E-state index contributed by atoms with van der Waals surface area (Å²) < 4.78 is 0. The van der Waals surface area contributed by atoms with Crippen LogP contribution in [0.15, 0.2) is 0 Å². The van der Waals surface area contributed by atoms with Gasteiger partial charge in [-0.05, 0) is 6.16 Å². The Morgan fingerprint density at radius 2 is 1.12 bits per heavy atom. The summed E-state index contributed by atoms with van der Waals surface area (Å²) in [6, 6.07) is 0. The van der Waals surface area contributed by atoms with Gasteiger partial charge in [-0.2, -0.15) is 0 Å². The topological polar surface area (TPSA) is 126 Å². The predicted octanol–water partition coefficient (Wildman–Crippen LogP) is -4.10. The number of hydrogen-bond acceptors (Lipinski definition) is 3. The van der Waals surface area contributed by atoms with Gasteiger partial charge in [0.2, 0.25) is 0 Å². The van der Waals surface area contributed by atoms with Gasteiger partial charge in [0, 0.05) is 17.1 Å². The van der Waals surface area contributed by atoms with Crippen LogP contribution in [0.4, 0.5) is 4.79 Å². The van der Waals surface area contributed by atoms with E-state index in [1.807, 2.05) is 0 Å². The maximum absolute atomic E-state index is 8.33.